The van der Waals surface area contributed by atoms with Gasteiger partial charge >= 0.3 is 0 Å². The molecule has 2 nitrogen and oxygen atoms in total. The molecule has 1 aromatic carbocycles. The van der Waals surface area contributed by atoms with Crippen LogP contribution in [0.25, 0.3) is 11.3 Å². The van der Waals surface area contributed by atoms with E-state index in [2.05, 4.69) is 31.9 Å². The SMILES string of the molecule is O=Cc1ccc(-c2c(Br)cc(F)c(F)c2Br)o1. The van der Waals surface area contributed by atoms with Crippen LogP contribution in [0.3, 0.4) is 0 Å². The van der Waals surface area contributed by atoms with Crippen molar-refractivity contribution in [3.8, 4) is 11.3 Å². The van der Waals surface area contributed by atoms with Crippen molar-refractivity contribution in [2.24, 2.45) is 0 Å². The predicted octanol–water partition coefficient (Wildman–Crippen LogP) is 4.56. The average molecular weight is 366 g/mol. The van der Waals surface area contributed by atoms with Crippen LogP contribution in [-0.2, 0) is 0 Å². The molecule has 1 heterocycles. The maximum atomic E-state index is 13.4. The van der Waals surface area contributed by atoms with Gasteiger partial charge in [-0.25, -0.2) is 8.78 Å². The van der Waals surface area contributed by atoms with Crippen LogP contribution in [0.15, 0.2) is 31.6 Å². The summed E-state index contributed by atoms with van der Waals surface area (Å²) >= 11 is 6.07. The Morgan fingerprint density at radius 1 is 1.24 bits per heavy atom. The van der Waals surface area contributed by atoms with Crippen LogP contribution in [0.2, 0.25) is 0 Å². The molecule has 0 radical (unpaired) electrons. The maximum absolute atomic E-state index is 13.4. The summed E-state index contributed by atoms with van der Waals surface area (Å²) in [6.45, 7) is 0. The van der Waals surface area contributed by atoms with Gasteiger partial charge in [0.2, 0.25) is 0 Å². The smallest absolute Gasteiger partial charge is 0.185 e. The van der Waals surface area contributed by atoms with Crippen LogP contribution in [0, 0.1) is 11.6 Å². The van der Waals surface area contributed by atoms with Gasteiger partial charge in [-0.2, -0.15) is 0 Å². The lowest BCUT2D eigenvalue weighted by Gasteiger charge is -2.06. The lowest BCUT2D eigenvalue weighted by molar-refractivity contribution is 0.110. The minimum Gasteiger partial charge on any atom is -0.453 e. The Kier molecular flexibility index (Phi) is 3.44. The summed E-state index contributed by atoms with van der Waals surface area (Å²) in [5.41, 5.74) is 0.317. The standard InChI is InChI=1S/C11H4Br2F2O2/c12-6-3-7(14)11(15)10(13)9(6)8-2-1-5(4-16)17-8/h1-4H. The summed E-state index contributed by atoms with van der Waals surface area (Å²) in [5, 5.41) is 0. The molecule has 2 aromatic rings. The van der Waals surface area contributed by atoms with E-state index in [0.717, 1.165) is 6.07 Å². The molecule has 0 bridgehead atoms. The highest BCUT2D eigenvalue weighted by molar-refractivity contribution is 9.11. The topological polar surface area (TPSA) is 30.2 Å². The largest absolute Gasteiger partial charge is 0.453 e. The molecule has 0 aliphatic heterocycles. The van der Waals surface area contributed by atoms with Gasteiger partial charge in [0.1, 0.15) is 5.76 Å². The molecule has 88 valence electrons. The molecule has 0 spiro atoms. The summed E-state index contributed by atoms with van der Waals surface area (Å²) in [6, 6.07) is 3.95. The number of rotatable bonds is 2. The summed E-state index contributed by atoms with van der Waals surface area (Å²) in [5.74, 6) is -1.60. The molecule has 0 atom stereocenters. The molecule has 2 rings (SSSR count). The summed E-state index contributed by atoms with van der Waals surface area (Å²) in [6.07, 6.45) is 0.533. The molecule has 0 aliphatic carbocycles. The predicted molar refractivity (Wildman–Crippen MR) is 64.8 cm³/mol. The number of carbonyl (C=O) groups excluding carboxylic acids is 1. The molecular formula is C11H4Br2F2O2. The van der Waals surface area contributed by atoms with Gasteiger partial charge in [0.25, 0.3) is 0 Å². The summed E-state index contributed by atoms with van der Waals surface area (Å²) in [7, 11) is 0. The van der Waals surface area contributed by atoms with Crippen molar-refractivity contribution in [1.82, 2.24) is 0 Å². The van der Waals surface area contributed by atoms with Crippen molar-refractivity contribution in [1.29, 1.82) is 0 Å². The van der Waals surface area contributed by atoms with Crippen LogP contribution >= 0.6 is 31.9 Å². The zero-order chi connectivity index (χ0) is 12.6. The van der Waals surface area contributed by atoms with Gasteiger partial charge in [0.05, 0.1) is 4.47 Å². The zero-order valence-corrected chi connectivity index (χ0v) is 11.3. The molecule has 0 saturated heterocycles. The third kappa shape index (κ3) is 2.19. The Morgan fingerprint density at radius 3 is 2.53 bits per heavy atom. The summed E-state index contributed by atoms with van der Waals surface area (Å²) < 4.78 is 31.9. The second-order valence-corrected chi connectivity index (χ2v) is 4.81. The van der Waals surface area contributed by atoms with E-state index in [9.17, 15) is 13.6 Å². The van der Waals surface area contributed by atoms with E-state index in [1.165, 1.54) is 12.1 Å². The lowest BCUT2D eigenvalue weighted by atomic mass is 10.1. The highest BCUT2D eigenvalue weighted by Crippen LogP contribution is 2.38. The van der Waals surface area contributed by atoms with E-state index in [1.807, 2.05) is 0 Å². The third-order valence-corrected chi connectivity index (χ3v) is 3.47. The number of hydrogen-bond acceptors (Lipinski definition) is 2. The number of halogens is 4. The first-order valence-corrected chi connectivity index (χ1v) is 6.01. The highest BCUT2D eigenvalue weighted by atomic mass is 79.9. The zero-order valence-electron chi connectivity index (χ0n) is 8.14. The van der Waals surface area contributed by atoms with Crippen LogP contribution < -0.4 is 0 Å². The van der Waals surface area contributed by atoms with E-state index >= 15 is 0 Å². The van der Waals surface area contributed by atoms with Gasteiger partial charge in [-0.1, -0.05) is 0 Å². The molecule has 1 aromatic heterocycles. The Morgan fingerprint density at radius 2 is 1.94 bits per heavy atom. The van der Waals surface area contributed by atoms with Gasteiger partial charge in [-0.3, -0.25) is 4.79 Å². The average Bonchev–Trinajstić information content (AvgIpc) is 2.74. The van der Waals surface area contributed by atoms with Crippen LogP contribution in [0.1, 0.15) is 10.6 Å². The van der Waals surface area contributed by atoms with Crippen molar-refractivity contribution in [3.63, 3.8) is 0 Å². The fourth-order valence-corrected chi connectivity index (χ4v) is 2.80. The minimum atomic E-state index is -1.01. The lowest BCUT2D eigenvalue weighted by Crippen LogP contribution is -1.90. The second-order valence-electron chi connectivity index (χ2n) is 3.16. The van der Waals surface area contributed by atoms with Crippen molar-refractivity contribution in [3.05, 3.63) is 44.5 Å². The fraction of sp³-hybridized carbons (Fsp3) is 0. The van der Waals surface area contributed by atoms with Crippen LogP contribution in [-0.4, -0.2) is 6.29 Å². The molecule has 0 amide bonds. The molecule has 0 saturated carbocycles. The second kappa shape index (κ2) is 4.70. The molecule has 0 aliphatic rings. The Hall–Kier alpha value is -1.01. The van der Waals surface area contributed by atoms with Gasteiger partial charge in [-0.15, -0.1) is 0 Å². The van der Waals surface area contributed by atoms with Crippen molar-refractivity contribution >= 4 is 38.1 Å². The number of aldehydes is 1. The first kappa shape index (κ1) is 12.4. The number of hydrogen-bond donors (Lipinski definition) is 0. The molecule has 0 N–H and O–H groups in total. The number of benzene rings is 1. The Bertz CT molecular complexity index is 593. The molecule has 0 unspecified atom stereocenters. The van der Waals surface area contributed by atoms with Gasteiger partial charge < -0.3 is 4.42 Å². The van der Waals surface area contributed by atoms with E-state index < -0.39 is 11.6 Å². The van der Waals surface area contributed by atoms with Crippen molar-refractivity contribution in [2.75, 3.05) is 0 Å². The normalized spacial score (nSPS) is 10.6. The van der Waals surface area contributed by atoms with Crippen LogP contribution in [0.5, 0.6) is 0 Å². The highest BCUT2D eigenvalue weighted by Gasteiger charge is 2.19. The van der Waals surface area contributed by atoms with Crippen molar-refractivity contribution in [2.45, 2.75) is 0 Å². The quantitative estimate of drug-likeness (QED) is 0.443. The summed E-state index contributed by atoms with van der Waals surface area (Å²) in [4.78, 5) is 10.5. The molecule has 17 heavy (non-hydrogen) atoms. The number of furan rings is 1. The van der Waals surface area contributed by atoms with E-state index in [-0.39, 0.29) is 16.0 Å². The van der Waals surface area contributed by atoms with Gasteiger partial charge in [-0.05, 0) is 50.1 Å². The van der Waals surface area contributed by atoms with Crippen molar-refractivity contribution < 1.29 is 18.0 Å². The van der Waals surface area contributed by atoms with Crippen LogP contribution in [0.4, 0.5) is 8.78 Å². The maximum Gasteiger partial charge on any atom is 0.185 e. The van der Waals surface area contributed by atoms with E-state index in [0.29, 0.717) is 16.3 Å². The first-order chi connectivity index (χ1) is 8.04. The Balaban J connectivity index is 2.66. The molecular weight excluding hydrogens is 362 g/mol. The third-order valence-electron chi connectivity index (χ3n) is 2.10. The first-order valence-electron chi connectivity index (χ1n) is 4.43. The number of carbonyl (C=O) groups is 1. The van der Waals surface area contributed by atoms with E-state index in [1.54, 1.807) is 0 Å². The molecule has 0 fully saturated rings. The Labute approximate surface area is 112 Å². The van der Waals surface area contributed by atoms with Gasteiger partial charge in [0, 0.05) is 10.0 Å². The molecule has 6 heteroatoms. The monoisotopic (exact) mass is 364 g/mol. The van der Waals surface area contributed by atoms with Gasteiger partial charge in [0.15, 0.2) is 23.7 Å². The fourth-order valence-electron chi connectivity index (χ4n) is 1.34. The van der Waals surface area contributed by atoms with E-state index in [4.69, 9.17) is 4.42 Å². The minimum absolute atomic E-state index is 0.0591.